The first-order valence-electron chi connectivity index (χ1n) is 9.81. The number of methoxy groups -OCH3 is 1. The van der Waals surface area contributed by atoms with Crippen molar-refractivity contribution in [1.82, 2.24) is 5.43 Å². The van der Waals surface area contributed by atoms with Gasteiger partial charge >= 0.3 is 0 Å². The summed E-state index contributed by atoms with van der Waals surface area (Å²) in [4.78, 5) is 12.4. The van der Waals surface area contributed by atoms with Crippen LogP contribution in [0.5, 0.6) is 17.2 Å². The standard InChI is InChI=1S/C24H22I2N2O4/c1-3-31-23-12-17(6-11-21(23)32-15-16-4-8-19(25)9-5-16)14-27-28-24(29)18-7-10-20(26)22(13-18)30-2/h4-14H,3,15H2,1-2H3,(H,28,29)/b27-14-. The number of hydrogen-bond donors (Lipinski definition) is 1. The average molecular weight is 656 g/mol. The van der Waals surface area contributed by atoms with Crippen LogP contribution in [0.1, 0.15) is 28.4 Å². The Bertz CT molecular complexity index is 1100. The Labute approximate surface area is 214 Å². The van der Waals surface area contributed by atoms with Crippen LogP contribution >= 0.6 is 45.2 Å². The lowest BCUT2D eigenvalue weighted by Crippen LogP contribution is -2.17. The molecule has 3 aromatic carbocycles. The molecular formula is C24H22I2N2O4. The highest BCUT2D eigenvalue weighted by Gasteiger charge is 2.09. The fraction of sp³-hybridized carbons (Fsp3) is 0.167. The number of rotatable bonds is 9. The number of carbonyl (C=O) groups is 1. The van der Waals surface area contributed by atoms with Gasteiger partial charge in [0, 0.05) is 9.13 Å². The molecule has 0 aliphatic carbocycles. The number of hydrogen-bond acceptors (Lipinski definition) is 5. The van der Waals surface area contributed by atoms with Crippen molar-refractivity contribution in [3.05, 3.63) is 84.5 Å². The lowest BCUT2D eigenvalue weighted by Gasteiger charge is -2.12. The minimum atomic E-state index is -0.321. The Kier molecular flexibility index (Phi) is 9.15. The molecule has 0 saturated heterocycles. The molecule has 1 N–H and O–H groups in total. The van der Waals surface area contributed by atoms with Gasteiger partial charge in [0.05, 0.1) is 23.5 Å². The topological polar surface area (TPSA) is 69.2 Å². The van der Waals surface area contributed by atoms with Crippen LogP contribution in [0.25, 0.3) is 0 Å². The van der Waals surface area contributed by atoms with E-state index in [0.717, 1.165) is 14.7 Å². The molecule has 0 spiro atoms. The fourth-order valence-electron chi connectivity index (χ4n) is 2.77. The molecule has 3 aromatic rings. The van der Waals surface area contributed by atoms with E-state index in [1.807, 2.05) is 55.5 Å². The summed E-state index contributed by atoms with van der Waals surface area (Å²) in [6, 6.07) is 18.9. The first-order chi connectivity index (χ1) is 15.5. The third kappa shape index (κ3) is 6.83. The van der Waals surface area contributed by atoms with Crippen LogP contribution in [0.4, 0.5) is 0 Å². The number of amides is 1. The number of benzene rings is 3. The molecule has 0 aromatic heterocycles. The Balaban J connectivity index is 1.65. The van der Waals surface area contributed by atoms with Crippen molar-refractivity contribution < 1.29 is 19.0 Å². The van der Waals surface area contributed by atoms with E-state index in [1.54, 1.807) is 25.5 Å². The number of halogens is 2. The first-order valence-corrected chi connectivity index (χ1v) is 12.0. The molecule has 0 aliphatic rings. The maximum atomic E-state index is 12.4. The molecule has 8 heteroatoms. The van der Waals surface area contributed by atoms with Crippen molar-refractivity contribution in [2.45, 2.75) is 13.5 Å². The van der Waals surface area contributed by atoms with Gasteiger partial charge in [0.15, 0.2) is 11.5 Å². The monoisotopic (exact) mass is 656 g/mol. The van der Waals surface area contributed by atoms with Gasteiger partial charge in [-0.1, -0.05) is 12.1 Å². The molecule has 0 aliphatic heterocycles. The number of nitrogens with zero attached hydrogens (tertiary/aromatic N) is 1. The summed E-state index contributed by atoms with van der Waals surface area (Å²) in [7, 11) is 1.57. The van der Waals surface area contributed by atoms with Gasteiger partial charge < -0.3 is 14.2 Å². The van der Waals surface area contributed by atoms with Crippen LogP contribution in [-0.4, -0.2) is 25.8 Å². The highest BCUT2D eigenvalue weighted by molar-refractivity contribution is 14.1. The molecule has 0 atom stereocenters. The molecule has 0 unspecified atom stereocenters. The number of carbonyl (C=O) groups excluding carboxylic acids is 1. The van der Waals surface area contributed by atoms with Crippen molar-refractivity contribution in [3.8, 4) is 17.2 Å². The Hall–Kier alpha value is -2.34. The number of nitrogens with one attached hydrogen (secondary N) is 1. The molecule has 32 heavy (non-hydrogen) atoms. The van der Waals surface area contributed by atoms with Crippen LogP contribution < -0.4 is 19.6 Å². The van der Waals surface area contributed by atoms with Gasteiger partial charge in [0.1, 0.15) is 12.4 Å². The van der Waals surface area contributed by atoms with Crippen LogP contribution in [0.2, 0.25) is 0 Å². The minimum Gasteiger partial charge on any atom is -0.496 e. The largest absolute Gasteiger partial charge is 0.496 e. The van der Waals surface area contributed by atoms with E-state index in [9.17, 15) is 4.79 Å². The zero-order valence-electron chi connectivity index (χ0n) is 17.6. The second kappa shape index (κ2) is 12.0. The number of ether oxygens (including phenoxy) is 3. The van der Waals surface area contributed by atoms with Gasteiger partial charge in [-0.15, -0.1) is 0 Å². The van der Waals surface area contributed by atoms with Gasteiger partial charge in [-0.25, -0.2) is 5.43 Å². The first kappa shape index (κ1) is 24.3. The molecular weight excluding hydrogens is 634 g/mol. The molecule has 0 radical (unpaired) electrons. The maximum absolute atomic E-state index is 12.4. The van der Waals surface area contributed by atoms with Crippen molar-refractivity contribution in [2.24, 2.45) is 5.10 Å². The summed E-state index contributed by atoms with van der Waals surface area (Å²) in [6.07, 6.45) is 1.56. The second-order valence-electron chi connectivity index (χ2n) is 6.60. The summed E-state index contributed by atoms with van der Waals surface area (Å²) in [5, 5.41) is 4.06. The maximum Gasteiger partial charge on any atom is 0.271 e. The van der Waals surface area contributed by atoms with Crippen LogP contribution in [-0.2, 0) is 6.61 Å². The van der Waals surface area contributed by atoms with Crippen LogP contribution in [0, 0.1) is 7.14 Å². The fourth-order valence-corrected chi connectivity index (χ4v) is 3.68. The number of hydrazone groups is 1. The Morgan fingerprint density at radius 2 is 1.75 bits per heavy atom. The second-order valence-corrected chi connectivity index (χ2v) is 9.01. The Morgan fingerprint density at radius 3 is 2.47 bits per heavy atom. The third-order valence-corrected chi connectivity index (χ3v) is 5.98. The molecule has 166 valence electrons. The van der Waals surface area contributed by atoms with E-state index in [-0.39, 0.29) is 5.91 Å². The lowest BCUT2D eigenvalue weighted by molar-refractivity contribution is 0.0954. The highest BCUT2D eigenvalue weighted by atomic mass is 127. The molecule has 0 heterocycles. The lowest BCUT2D eigenvalue weighted by atomic mass is 10.2. The summed E-state index contributed by atoms with van der Waals surface area (Å²) < 4.78 is 19.0. The van der Waals surface area contributed by atoms with Crippen LogP contribution in [0.3, 0.4) is 0 Å². The van der Waals surface area contributed by atoms with Crippen molar-refractivity contribution in [2.75, 3.05) is 13.7 Å². The Morgan fingerprint density at radius 1 is 0.969 bits per heavy atom. The predicted molar refractivity (Wildman–Crippen MR) is 142 cm³/mol. The highest BCUT2D eigenvalue weighted by Crippen LogP contribution is 2.29. The van der Waals surface area contributed by atoms with Crippen molar-refractivity contribution >= 4 is 57.3 Å². The van der Waals surface area contributed by atoms with Gasteiger partial charge in [0.25, 0.3) is 5.91 Å². The smallest absolute Gasteiger partial charge is 0.271 e. The summed E-state index contributed by atoms with van der Waals surface area (Å²) in [5.74, 6) is 1.59. The van der Waals surface area contributed by atoms with Gasteiger partial charge in [0.2, 0.25) is 0 Å². The summed E-state index contributed by atoms with van der Waals surface area (Å²) in [5.41, 5.74) is 4.85. The van der Waals surface area contributed by atoms with Gasteiger partial charge in [-0.2, -0.15) is 5.10 Å². The van der Waals surface area contributed by atoms with Gasteiger partial charge in [-0.3, -0.25) is 4.79 Å². The zero-order valence-corrected chi connectivity index (χ0v) is 21.9. The quantitative estimate of drug-likeness (QED) is 0.184. The van der Waals surface area contributed by atoms with E-state index in [2.05, 4.69) is 55.7 Å². The average Bonchev–Trinajstić information content (AvgIpc) is 2.80. The molecule has 0 bridgehead atoms. The SMILES string of the molecule is CCOc1cc(/C=N\NC(=O)c2ccc(I)c(OC)c2)ccc1OCc1ccc(I)cc1. The minimum absolute atomic E-state index is 0.321. The molecule has 3 rings (SSSR count). The van der Waals surface area contributed by atoms with E-state index < -0.39 is 0 Å². The molecule has 6 nitrogen and oxygen atoms in total. The van der Waals surface area contributed by atoms with Crippen molar-refractivity contribution in [3.63, 3.8) is 0 Å². The van der Waals surface area contributed by atoms with Crippen molar-refractivity contribution in [1.29, 1.82) is 0 Å². The van der Waals surface area contributed by atoms with Gasteiger partial charge in [-0.05, 0) is 112 Å². The summed E-state index contributed by atoms with van der Waals surface area (Å²) in [6.45, 7) is 2.87. The van der Waals surface area contributed by atoms with Crippen LogP contribution in [0.15, 0.2) is 65.8 Å². The normalized spacial score (nSPS) is 10.8. The third-order valence-electron chi connectivity index (χ3n) is 4.37. The van der Waals surface area contributed by atoms with E-state index in [0.29, 0.717) is 36.0 Å². The molecule has 0 fully saturated rings. The van der Waals surface area contributed by atoms with E-state index in [1.165, 1.54) is 3.57 Å². The predicted octanol–water partition coefficient (Wildman–Crippen LogP) is 5.65. The molecule has 1 amide bonds. The zero-order chi connectivity index (χ0) is 22.9. The van der Waals surface area contributed by atoms with E-state index >= 15 is 0 Å². The molecule has 0 saturated carbocycles. The van der Waals surface area contributed by atoms with E-state index in [4.69, 9.17) is 14.2 Å². The summed E-state index contributed by atoms with van der Waals surface area (Å²) >= 11 is 4.42.